The lowest BCUT2D eigenvalue weighted by Crippen LogP contribution is -2.44. The molecule has 0 atom stereocenters. The van der Waals surface area contributed by atoms with Crippen LogP contribution >= 0.6 is 0 Å². The zero-order valence-electron chi connectivity index (χ0n) is 17.5. The van der Waals surface area contributed by atoms with Crippen LogP contribution in [0, 0.1) is 0 Å². The molecule has 2 aromatic heterocycles. The molecule has 0 amide bonds. The van der Waals surface area contributed by atoms with Crippen molar-refractivity contribution in [3.8, 4) is 22.4 Å². The van der Waals surface area contributed by atoms with E-state index in [0.29, 0.717) is 16.9 Å². The number of hydrogen-bond acceptors (Lipinski definition) is 4. The van der Waals surface area contributed by atoms with Gasteiger partial charge in [0.1, 0.15) is 5.69 Å². The molecule has 5 nitrogen and oxygen atoms in total. The normalized spacial score (nSPS) is 15.4. The first kappa shape index (κ1) is 20.5. The predicted molar refractivity (Wildman–Crippen MR) is 119 cm³/mol. The summed E-state index contributed by atoms with van der Waals surface area (Å²) in [5.74, 6) is 0. The van der Waals surface area contributed by atoms with Gasteiger partial charge in [-0.2, -0.15) is 18.3 Å². The average molecular weight is 437 g/mol. The number of anilines is 1. The van der Waals surface area contributed by atoms with E-state index in [9.17, 15) is 13.2 Å². The first-order valence-electron chi connectivity index (χ1n) is 10.4. The van der Waals surface area contributed by atoms with E-state index < -0.39 is 11.7 Å². The van der Waals surface area contributed by atoms with Gasteiger partial charge in [-0.1, -0.05) is 24.3 Å². The van der Waals surface area contributed by atoms with Gasteiger partial charge in [0.2, 0.25) is 0 Å². The van der Waals surface area contributed by atoms with Gasteiger partial charge in [-0.05, 0) is 42.9 Å². The third kappa shape index (κ3) is 3.93. The molecule has 1 aliphatic heterocycles. The highest BCUT2D eigenvalue weighted by Gasteiger charge is 2.30. The Hall–Kier alpha value is -3.39. The van der Waals surface area contributed by atoms with Crippen molar-refractivity contribution in [1.82, 2.24) is 20.1 Å². The van der Waals surface area contributed by atoms with Gasteiger partial charge in [-0.3, -0.25) is 5.10 Å². The molecule has 0 aliphatic carbocycles. The fourth-order valence-corrected chi connectivity index (χ4v) is 4.03. The number of likely N-dealkylation sites (N-methyl/N-ethyl adjacent to an activating group) is 1. The Kier molecular flexibility index (Phi) is 5.09. The summed E-state index contributed by atoms with van der Waals surface area (Å²) >= 11 is 0. The SMILES string of the molecule is CN1CCN(c2ccc(-c3cnc4[nH]nc(-c5ccc(C(F)(F)F)cc5)c4c3)cc2)CC1. The van der Waals surface area contributed by atoms with Gasteiger partial charge >= 0.3 is 6.18 Å². The van der Waals surface area contributed by atoms with Gasteiger partial charge in [0.25, 0.3) is 0 Å². The molecule has 32 heavy (non-hydrogen) atoms. The summed E-state index contributed by atoms with van der Waals surface area (Å²) in [4.78, 5) is 9.17. The van der Waals surface area contributed by atoms with E-state index in [4.69, 9.17) is 0 Å². The maximum absolute atomic E-state index is 12.9. The number of H-pyrrole nitrogens is 1. The third-order valence-corrected chi connectivity index (χ3v) is 5.97. The van der Waals surface area contributed by atoms with Gasteiger partial charge < -0.3 is 9.80 Å². The molecule has 1 aliphatic rings. The van der Waals surface area contributed by atoms with Crippen molar-refractivity contribution in [3.05, 3.63) is 66.4 Å². The van der Waals surface area contributed by atoms with E-state index in [1.165, 1.54) is 17.8 Å². The summed E-state index contributed by atoms with van der Waals surface area (Å²) < 4.78 is 38.6. The molecule has 4 aromatic rings. The Morgan fingerprint density at radius 2 is 1.50 bits per heavy atom. The lowest BCUT2D eigenvalue weighted by atomic mass is 10.0. The summed E-state index contributed by atoms with van der Waals surface area (Å²) in [6.45, 7) is 4.12. The molecule has 0 bridgehead atoms. The number of rotatable bonds is 3. The quantitative estimate of drug-likeness (QED) is 0.487. The number of hydrogen-bond donors (Lipinski definition) is 1. The first-order chi connectivity index (χ1) is 15.4. The minimum absolute atomic E-state index is 0.581. The van der Waals surface area contributed by atoms with Crippen molar-refractivity contribution in [2.24, 2.45) is 0 Å². The van der Waals surface area contributed by atoms with E-state index in [2.05, 4.69) is 56.3 Å². The molecule has 0 unspecified atom stereocenters. The van der Waals surface area contributed by atoms with Crippen molar-refractivity contribution >= 4 is 16.7 Å². The van der Waals surface area contributed by atoms with E-state index in [-0.39, 0.29) is 0 Å². The number of piperazine rings is 1. The zero-order valence-corrected chi connectivity index (χ0v) is 17.5. The van der Waals surface area contributed by atoms with Crippen LogP contribution in [0.15, 0.2) is 60.8 Å². The van der Waals surface area contributed by atoms with Gasteiger partial charge in [0.05, 0.1) is 5.56 Å². The molecule has 1 N–H and O–H groups in total. The van der Waals surface area contributed by atoms with Crippen LogP contribution in [0.3, 0.4) is 0 Å². The Bertz CT molecular complexity index is 1220. The second-order valence-electron chi connectivity index (χ2n) is 8.10. The fourth-order valence-electron chi connectivity index (χ4n) is 4.03. The number of aromatic amines is 1. The van der Waals surface area contributed by atoms with E-state index in [0.717, 1.165) is 54.8 Å². The number of pyridine rings is 1. The van der Waals surface area contributed by atoms with Crippen molar-refractivity contribution in [2.45, 2.75) is 6.18 Å². The number of nitrogens with zero attached hydrogens (tertiary/aromatic N) is 4. The Labute approximate surface area is 183 Å². The smallest absolute Gasteiger partial charge is 0.369 e. The highest BCUT2D eigenvalue weighted by atomic mass is 19.4. The van der Waals surface area contributed by atoms with E-state index in [1.54, 1.807) is 6.20 Å². The Balaban J connectivity index is 1.44. The molecule has 3 heterocycles. The van der Waals surface area contributed by atoms with Crippen LogP contribution in [0.2, 0.25) is 0 Å². The molecule has 0 radical (unpaired) electrons. The maximum atomic E-state index is 12.9. The summed E-state index contributed by atoms with van der Waals surface area (Å²) in [5.41, 5.74) is 4.25. The number of nitrogens with one attached hydrogen (secondary N) is 1. The molecule has 1 saturated heterocycles. The van der Waals surface area contributed by atoms with Crippen molar-refractivity contribution < 1.29 is 13.2 Å². The number of fused-ring (bicyclic) bond motifs is 1. The minimum atomic E-state index is -4.36. The molecular weight excluding hydrogens is 415 g/mol. The summed E-state index contributed by atoms with van der Waals surface area (Å²) in [6, 6.07) is 15.4. The highest BCUT2D eigenvalue weighted by Crippen LogP contribution is 2.33. The minimum Gasteiger partial charge on any atom is -0.369 e. The summed E-state index contributed by atoms with van der Waals surface area (Å²) in [5, 5.41) is 7.93. The topological polar surface area (TPSA) is 48.0 Å². The molecule has 8 heteroatoms. The summed E-state index contributed by atoms with van der Waals surface area (Å²) in [6.07, 6.45) is -2.58. The lowest BCUT2D eigenvalue weighted by Gasteiger charge is -2.34. The maximum Gasteiger partial charge on any atom is 0.416 e. The first-order valence-corrected chi connectivity index (χ1v) is 10.4. The van der Waals surface area contributed by atoms with Crippen LogP contribution in [0.4, 0.5) is 18.9 Å². The number of halogens is 3. The average Bonchev–Trinajstić information content (AvgIpc) is 3.22. The molecule has 0 saturated carbocycles. The van der Waals surface area contributed by atoms with Crippen LogP contribution in [0.1, 0.15) is 5.56 Å². The van der Waals surface area contributed by atoms with Crippen molar-refractivity contribution in [1.29, 1.82) is 0 Å². The largest absolute Gasteiger partial charge is 0.416 e. The molecule has 0 spiro atoms. The second-order valence-corrected chi connectivity index (χ2v) is 8.10. The number of aromatic nitrogens is 3. The standard InChI is InChI=1S/C24H22F3N5/c1-31-10-12-32(13-11-31)20-8-4-16(5-9-20)18-14-21-22(29-30-23(21)28-15-18)17-2-6-19(7-3-17)24(25,26)27/h2-9,14-15H,10-13H2,1H3,(H,28,29,30). The van der Waals surface area contributed by atoms with Crippen LogP contribution < -0.4 is 4.90 Å². The van der Waals surface area contributed by atoms with Gasteiger partial charge in [0.15, 0.2) is 5.65 Å². The summed E-state index contributed by atoms with van der Waals surface area (Å²) in [7, 11) is 2.14. The molecule has 1 fully saturated rings. The van der Waals surface area contributed by atoms with Gasteiger partial charge in [-0.25, -0.2) is 4.98 Å². The molecule has 164 valence electrons. The highest BCUT2D eigenvalue weighted by molar-refractivity contribution is 5.93. The van der Waals surface area contributed by atoms with Crippen molar-refractivity contribution in [3.63, 3.8) is 0 Å². The fraction of sp³-hybridized carbons (Fsp3) is 0.250. The van der Waals surface area contributed by atoms with Crippen LogP contribution in [0.5, 0.6) is 0 Å². The van der Waals surface area contributed by atoms with Crippen molar-refractivity contribution in [2.75, 3.05) is 38.1 Å². The van der Waals surface area contributed by atoms with Crippen LogP contribution in [-0.2, 0) is 6.18 Å². The predicted octanol–water partition coefficient (Wildman–Crippen LogP) is 5.06. The van der Waals surface area contributed by atoms with Crippen LogP contribution in [-0.4, -0.2) is 53.3 Å². The third-order valence-electron chi connectivity index (χ3n) is 5.97. The molecule has 2 aromatic carbocycles. The molecular formula is C24H22F3N5. The number of benzene rings is 2. The van der Waals surface area contributed by atoms with Gasteiger partial charge in [0, 0.05) is 54.6 Å². The lowest BCUT2D eigenvalue weighted by molar-refractivity contribution is -0.137. The zero-order chi connectivity index (χ0) is 22.3. The van der Waals surface area contributed by atoms with E-state index in [1.807, 2.05) is 6.07 Å². The monoisotopic (exact) mass is 437 g/mol. The molecule has 5 rings (SSSR count). The Morgan fingerprint density at radius 3 is 2.16 bits per heavy atom. The van der Waals surface area contributed by atoms with Gasteiger partial charge in [-0.15, -0.1) is 0 Å². The van der Waals surface area contributed by atoms with E-state index >= 15 is 0 Å². The second kappa shape index (κ2) is 7.94. The number of alkyl halides is 3. The Morgan fingerprint density at radius 1 is 0.844 bits per heavy atom. The van der Waals surface area contributed by atoms with Crippen LogP contribution in [0.25, 0.3) is 33.4 Å².